The zero-order valence-corrected chi connectivity index (χ0v) is 19.6. The standard InChI is InChI=1S/C24H40N4O3/c1-5-19(4)27-23(29)13-15-26-24(25-14-6-16-30-17-20-7-8-20)28-21-9-11-22(12-10-21)31-18(2)3/h9-12,18-20H,5-8,13-17H2,1-4H3,(H,27,29)(H2,25,26,28). The number of aliphatic imine (C=N–C) groups is 1. The van der Waals surface area contributed by atoms with Gasteiger partial charge in [0.1, 0.15) is 5.75 Å². The number of benzene rings is 1. The summed E-state index contributed by atoms with van der Waals surface area (Å²) in [7, 11) is 0. The van der Waals surface area contributed by atoms with Gasteiger partial charge in [0.15, 0.2) is 5.96 Å². The van der Waals surface area contributed by atoms with E-state index >= 15 is 0 Å². The quantitative estimate of drug-likeness (QED) is 0.235. The highest BCUT2D eigenvalue weighted by Gasteiger charge is 2.20. The number of amides is 1. The van der Waals surface area contributed by atoms with Crippen molar-refractivity contribution in [1.29, 1.82) is 0 Å². The molecule has 0 radical (unpaired) electrons. The van der Waals surface area contributed by atoms with E-state index in [0.29, 0.717) is 25.5 Å². The molecule has 1 aromatic rings. The summed E-state index contributed by atoms with van der Waals surface area (Å²) in [5.74, 6) is 2.33. The number of anilines is 1. The maximum atomic E-state index is 12.0. The van der Waals surface area contributed by atoms with Gasteiger partial charge in [-0.05, 0) is 76.6 Å². The number of ether oxygens (including phenoxy) is 2. The second-order valence-corrected chi connectivity index (χ2v) is 8.47. The van der Waals surface area contributed by atoms with Crippen LogP contribution in [0.2, 0.25) is 0 Å². The molecule has 1 saturated carbocycles. The zero-order chi connectivity index (χ0) is 22.5. The fraction of sp³-hybridized carbons (Fsp3) is 0.667. The first kappa shape index (κ1) is 25.0. The molecule has 0 spiro atoms. The fourth-order valence-electron chi connectivity index (χ4n) is 2.80. The molecular weight excluding hydrogens is 392 g/mol. The third-order valence-corrected chi connectivity index (χ3v) is 4.92. The van der Waals surface area contributed by atoms with Gasteiger partial charge >= 0.3 is 0 Å². The van der Waals surface area contributed by atoms with Crippen molar-refractivity contribution < 1.29 is 14.3 Å². The molecular formula is C24H40N4O3. The van der Waals surface area contributed by atoms with Crippen LogP contribution >= 0.6 is 0 Å². The molecule has 7 heteroatoms. The van der Waals surface area contributed by atoms with Crippen molar-refractivity contribution in [2.45, 2.75) is 71.9 Å². The smallest absolute Gasteiger partial charge is 0.221 e. The molecule has 0 saturated heterocycles. The molecule has 1 unspecified atom stereocenters. The largest absolute Gasteiger partial charge is 0.491 e. The fourth-order valence-corrected chi connectivity index (χ4v) is 2.80. The Hall–Kier alpha value is -2.28. The van der Waals surface area contributed by atoms with E-state index in [9.17, 15) is 4.79 Å². The van der Waals surface area contributed by atoms with Crippen LogP contribution in [0.15, 0.2) is 29.3 Å². The average Bonchev–Trinajstić information content (AvgIpc) is 3.55. The third-order valence-electron chi connectivity index (χ3n) is 4.92. The van der Waals surface area contributed by atoms with Gasteiger partial charge < -0.3 is 25.4 Å². The molecule has 174 valence electrons. The predicted molar refractivity (Wildman–Crippen MR) is 127 cm³/mol. The van der Waals surface area contributed by atoms with E-state index in [-0.39, 0.29) is 18.1 Å². The van der Waals surface area contributed by atoms with E-state index in [1.807, 2.05) is 45.0 Å². The van der Waals surface area contributed by atoms with Crippen molar-refractivity contribution in [2.75, 3.05) is 31.6 Å². The van der Waals surface area contributed by atoms with Crippen LogP contribution < -0.4 is 20.7 Å². The number of carbonyl (C=O) groups is 1. The summed E-state index contributed by atoms with van der Waals surface area (Å²) in [6, 6.07) is 7.99. The van der Waals surface area contributed by atoms with Gasteiger partial charge in [0.05, 0.1) is 6.10 Å². The number of carbonyl (C=O) groups excluding carboxylic acids is 1. The molecule has 0 aromatic heterocycles. The van der Waals surface area contributed by atoms with Gasteiger partial charge in [0.2, 0.25) is 5.91 Å². The molecule has 0 aliphatic heterocycles. The summed E-state index contributed by atoms with van der Waals surface area (Å²) < 4.78 is 11.4. The van der Waals surface area contributed by atoms with Crippen molar-refractivity contribution in [3.63, 3.8) is 0 Å². The van der Waals surface area contributed by atoms with Crippen LogP contribution in [0.1, 0.15) is 59.8 Å². The number of nitrogens with zero attached hydrogens (tertiary/aromatic N) is 1. The average molecular weight is 433 g/mol. The molecule has 1 aliphatic carbocycles. The summed E-state index contributed by atoms with van der Waals surface area (Å²) in [5.41, 5.74) is 0.913. The lowest BCUT2D eigenvalue weighted by atomic mass is 10.2. The monoisotopic (exact) mass is 432 g/mol. The summed E-state index contributed by atoms with van der Waals surface area (Å²) >= 11 is 0. The Morgan fingerprint density at radius 2 is 1.94 bits per heavy atom. The lowest BCUT2D eigenvalue weighted by Gasteiger charge is -2.15. The number of hydrogen-bond donors (Lipinski definition) is 3. The van der Waals surface area contributed by atoms with Gasteiger partial charge in [-0.25, -0.2) is 0 Å². The van der Waals surface area contributed by atoms with Crippen LogP contribution in [0.4, 0.5) is 5.69 Å². The molecule has 1 atom stereocenters. The molecule has 1 amide bonds. The molecule has 1 aliphatic rings. The number of guanidine groups is 1. The number of nitrogens with one attached hydrogen (secondary N) is 3. The second-order valence-electron chi connectivity index (χ2n) is 8.47. The first-order valence-electron chi connectivity index (χ1n) is 11.7. The second kappa shape index (κ2) is 13.9. The minimum atomic E-state index is 0.0462. The van der Waals surface area contributed by atoms with E-state index in [1.165, 1.54) is 12.8 Å². The van der Waals surface area contributed by atoms with Crippen LogP contribution in [-0.4, -0.2) is 50.3 Å². The molecule has 1 fully saturated rings. The summed E-state index contributed by atoms with van der Waals surface area (Å²) in [6.07, 6.45) is 4.95. The highest BCUT2D eigenvalue weighted by Crippen LogP contribution is 2.28. The molecule has 0 heterocycles. The lowest BCUT2D eigenvalue weighted by Crippen LogP contribution is -2.37. The Balaban J connectivity index is 1.82. The molecule has 0 bridgehead atoms. The van der Waals surface area contributed by atoms with E-state index < -0.39 is 0 Å². The van der Waals surface area contributed by atoms with Crippen LogP contribution in [0, 0.1) is 5.92 Å². The lowest BCUT2D eigenvalue weighted by molar-refractivity contribution is -0.121. The van der Waals surface area contributed by atoms with Crippen LogP contribution in [0.3, 0.4) is 0 Å². The van der Waals surface area contributed by atoms with E-state index in [4.69, 9.17) is 9.47 Å². The van der Waals surface area contributed by atoms with E-state index in [0.717, 1.165) is 43.4 Å². The molecule has 2 rings (SSSR count). The van der Waals surface area contributed by atoms with Gasteiger partial charge in [-0.15, -0.1) is 0 Å². The van der Waals surface area contributed by atoms with Gasteiger partial charge in [0, 0.05) is 44.5 Å². The zero-order valence-electron chi connectivity index (χ0n) is 19.6. The first-order valence-corrected chi connectivity index (χ1v) is 11.7. The molecule has 31 heavy (non-hydrogen) atoms. The van der Waals surface area contributed by atoms with Crippen molar-refractivity contribution in [3.05, 3.63) is 24.3 Å². The Labute approximate surface area is 187 Å². The van der Waals surface area contributed by atoms with Gasteiger partial charge in [-0.1, -0.05) is 6.92 Å². The van der Waals surface area contributed by atoms with Crippen LogP contribution in [-0.2, 0) is 9.53 Å². The van der Waals surface area contributed by atoms with Gasteiger partial charge in [-0.2, -0.15) is 0 Å². The third kappa shape index (κ3) is 11.6. The number of rotatable bonds is 14. The van der Waals surface area contributed by atoms with Crippen molar-refractivity contribution >= 4 is 17.6 Å². The topological polar surface area (TPSA) is 84.0 Å². The summed E-state index contributed by atoms with van der Waals surface area (Å²) in [4.78, 5) is 16.7. The SMILES string of the molecule is CCC(C)NC(=O)CCNC(=NCCCOCC1CC1)Nc1ccc(OC(C)C)cc1. The van der Waals surface area contributed by atoms with E-state index in [2.05, 4.69) is 27.9 Å². The number of hydrogen-bond acceptors (Lipinski definition) is 4. The highest BCUT2D eigenvalue weighted by atomic mass is 16.5. The Morgan fingerprint density at radius 1 is 1.19 bits per heavy atom. The minimum Gasteiger partial charge on any atom is -0.491 e. The van der Waals surface area contributed by atoms with Crippen LogP contribution in [0.5, 0.6) is 5.75 Å². The molecule has 3 N–H and O–H groups in total. The highest BCUT2D eigenvalue weighted by molar-refractivity contribution is 5.93. The van der Waals surface area contributed by atoms with Crippen LogP contribution in [0.25, 0.3) is 0 Å². The predicted octanol–water partition coefficient (Wildman–Crippen LogP) is 3.95. The van der Waals surface area contributed by atoms with Crippen molar-refractivity contribution in [3.8, 4) is 5.75 Å². The first-order chi connectivity index (χ1) is 15.0. The van der Waals surface area contributed by atoms with Crippen molar-refractivity contribution in [1.82, 2.24) is 10.6 Å². The maximum absolute atomic E-state index is 12.0. The van der Waals surface area contributed by atoms with Crippen molar-refractivity contribution in [2.24, 2.45) is 10.9 Å². The van der Waals surface area contributed by atoms with E-state index in [1.54, 1.807) is 0 Å². The maximum Gasteiger partial charge on any atom is 0.221 e. The molecule has 1 aromatic carbocycles. The Morgan fingerprint density at radius 3 is 2.58 bits per heavy atom. The minimum absolute atomic E-state index is 0.0462. The normalized spacial score (nSPS) is 14.9. The Bertz CT molecular complexity index is 672. The van der Waals surface area contributed by atoms with Gasteiger partial charge in [-0.3, -0.25) is 9.79 Å². The Kier molecular flexibility index (Phi) is 11.2. The van der Waals surface area contributed by atoms with Gasteiger partial charge in [0.25, 0.3) is 0 Å². The summed E-state index contributed by atoms with van der Waals surface area (Å²) in [6.45, 7) is 10.9. The summed E-state index contributed by atoms with van der Waals surface area (Å²) in [5, 5.41) is 9.56. The molecule has 7 nitrogen and oxygen atoms in total.